The summed E-state index contributed by atoms with van der Waals surface area (Å²) in [5.74, 6) is -0.943. The van der Waals surface area contributed by atoms with Crippen molar-refractivity contribution in [3.63, 3.8) is 0 Å². The van der Waals surface area contributed by atoms with Crippen LogP contribution in [0.4, 0.5) is 28.4 Å². The predicted molar refractivity (Wildman–Crippen MR) is 207 cm³/mol. The fraction of sp³-hybridized carbons (Fsp3) is 0.0244. The highest BCUT2D eigenvalue weighted by Gasteiger charge is 2.38. The quantitative estimate of drug-likeness (QED) is 0.103. The third-order valence-electron chi connectivity index (χ3n) is 9.96. The van der Waals surface area contributed by atoms with Crippen LogP contribution in [0.3, 0.4) is 0 Å². The summed E-state index contributed by atoms with van der Waals surface area (Å²) in [7, 11) is 0. The summed E-state index contributed by atoms with van der Waals surface area (Å²) < 4.78 is 0. The van der Waals surface area contributed by atoms with Crippen molar-refractivity contribution in [2.24, 2.45) is 0 Å². The summed E-state index contributed by atoms with van der Waals surface area (Å²) in [6.07, 6.45) is 0. The lowest BCUT2D eigenvalue weighted by Gasteiger charge is -2.40. The first-order valence-corrected chi connectivity index (χ1v) is 17.4. The van der Waals surface area contributed by atoms with Crippen molar-refractivity contribution < 1.29 is 9.59 Å². The molecule has 5 nitrogen and oxygen atoms in total. The number of carbonyl (C=O) groups excluding carboxylic acids is 2. The van der Waals surface area contributed by atoms with Crippen LogP contribution in [-0.2, 0) is 0 Å². The minimum absolute atomic E-state index is 0.303. The molecule has 2 aliphatic heterocycles. The Balaban J connectivity index is 1.38. The van der Waals surface area contributed by atoms with E-state index in [0.717, 1.165) is 33.5 Å². The fourth-order valence-electron chi connectivity index (χ4n) is 7.94. The maximum Gasteiger partial charge on any atom is 0.266 e. The number of anilines is 5. The molecule has 0 bridgehead atoms. The van der Waals surface area contributed by atoms with Gasteiger partial charge in [0.25, 0.3) is 11.8 Å². The molecule has 2 heterocycles. The number of para-hydroxylation sites is 3. The van der Waals surface area contributed by atoms with Crippen molar-refractivity contribution in [2.75, 3.05) is 21.4 Å². The van der Waals surface area contributed by atoms with E-state index in [1.54, 1.807) is 36.4 Å². The molecule has 0 aliphatic carbocycles. The minimum atomic E-state index is -0.472. The molecule has 0 atom stereocenters. The second kappa shape index (κ2) is 10.7. The van der Waals surface area contributed by atoms with Crippen LogP contribution in [0.25, 0.3) is 43.1 Å². The van der Waals surface area contributed by atoms with E-state index in [-0.39, 0.29) is 0 Å². The molecule has 0 N–H and O–H groups in total. The molecular weight excluding hydrogens is 708 g/mol. The van der Waals surface area contributed by atoms with Gasteiger partial charge < -0.3 is 9.80 Å². The van der Waals surface area contributed by atoms with Gasteiger partial charge in [0.15, 0.2) is 0 Å². The molecule has 0 spiro atoms. The van der Waals surface area contributed by atoms with Crippen LogP contribution in [-0.4, -0.2) is 18.5 Å². The van der Waals surface area contributed by atoms with E-state index >= 15 is 0 Å². The number of halogens is 4. The lowest BCUT2D eigenvalue weighted by molar-refractivity contribution is 0.0893. The van der Waals surface area contributed by atoms with Crippen molar-refractivity contribution in [1.82, 2.24) is 0 Å². The van der Waals surface area contributed by atoms with Gasteiger partial charge >= 0.3 is 0 Å². The average Bonchev–Trinajstić information content (AvgIpc) is 3.13. The van der Waals surface area contributed by atoms with Gasteiger partial charge in [-0.2, -0.15) is 0 Å². The summed E-state index contributed by atoms with van der Waals surface area (Å²) in [5, 5.41) is 6.91. The van der Waals surface area contributed by atoms with Gasteiger partial charge in [0, 0.05) is 64.5 Å². The number of hydrogen-bond donors (Lipinski definition) is 0. The van der Waals surface area contributed by atoms with Gasteiger partial charge in [0.2, 0.25) is 0 Å². The number of amides is 2. The Bertz CT molecular complexity index is 2610. The number of benzene rings is 8. The van der Waals surface area contributed by atoms with E-state index in [1.165, 1.54) is 4.90 Å². The highest BCUT2D eigenvalue weighted by atomic mass is 35.5. The van der Waals surface area contributed by atoms with Crippen LogP contribution in [0.1, 0.15) is 20.7 Å². The lowest BCUT2D eigenvalue weighted by Crippen LogP contribution is -2.40. The number of imide groups is 1. The summed E-state index contributed by atoms with van der Waals surface area (Å²) in [4.78, 5) is 34.0. The maximum absolute atomic E-state index is 14.2. The molecule has 0 saturated heterocycles. The third-order valence-corrected chi connectivity index (χ3v) is 11.1. The van der Waals surface area contributed by atoms with Crippen molar-refractivity contribution in [2.45, 2.75) is 0 Å². The van der Waals surface area contributed by atoms with Gasteiger partial charge in [-0.3, -0.25) is 9.59 Å². The Morgan fingerprint density at radius 2 is 0.760 bits per heavy atom. The van der Waals surface area contributed by atoms with Crippen LogP contribution in [0.15, 0.2) is 115 Å². The van der Waals surface area contributed by atoms with Crippen molar-refractivity contribution >= 4 is 130 Å². The van der Waals surface area contributed by atoms with E-state index in [1.807, 2.05) is 54.6 Å². The molecule has 10 rings (SSSR count). The van der Waals surface area contributed by atoms with Gasteiger partial charge in [-0.15, -0.1) is 0 Å². The topological polar surface area (TPSA) is 43.9 Å². The molecule has 9 heteroatoms. The Kier molecular flexibility index (Phi) is 6.40. The first-order chi connectivity index (χ1) is 24.3. The maximum atomic E-state index is 14.2. The number of hydrogen-bond acceptors (Lipinski definition) is 4. The molecule has 2 amide bonds. The largest absolute Gasteiger partial charge is 0.322 e. The van der Waals surface area contributed by atoms with E-state index in [0.29, 0.717) is 75.9 Å². The zero-order valence-electron chi connectivity index (χ0n) is 25.8. The second-order valence-electron chi connectivity index (χ2n) is 12.5. The number of rotatable bonds is 3. The van der Waals surface area contributed by atoms with Crippen LogP contribution in [0, 0.1) is 0 Å². The Labute approximate surface area is 305 Å². The van der Waals surface area contributed by atoms with Crippen LogP contribution in [0.2, 0.25) is 20.1 Å². The van der Waals surface area contributed by atoms with Gasteiger partial charge in [-0.05, 0) is 60.7 Å². The number of fused-ring (bicyclic) bond motifs is 2. The van der Waals surface area contributed by atoms with E-state index in [2.05, 4.69) is 34.1 Å². The molecule has 2 aliphatic rings. The standard InChI is InChI=1S/C41H21Cl4N3O2/c42-26-16-24-32-25(41(50)48(40(24)49)23-14-8-3-9-15-23)17-27(43)34-36-29(45)19-31-37-30(18-28(44)35(39(36)37)33(26)38(32)34)46(21-10-4-1-5-11-21)20-47(31)22-12-6-2-7-13-22/h1-19H,20H2. The minimum Gasteiger partial charge on any atom is -0.322 e. The zero-order chi connectivity index (χ0) is 34.0. The summed E-state index contributed by atoms with van der Waals surface area (Å²) >= 11 is 29.2. The summed E-state index contributed by atoms with van der Waals surface area (Å²) in [5.41, 5.74) is 4.86. The molecule has 0 fully saturated rings. The Hall–Kier alpha value is -5.04. The summed E-state index contributed by atoms with van der Waals surface area (Å²) in [6, 6.07) is 36.4. The first-order valence-electron chi connectivity index (χ1n) is 15.9. The highest BCUT2D eigenvalue weighted by molar-refractivity contribution is 6.56. The van der Waals surface area contributed by atoms with E-state index in [4.69, 9.17) is 46.4 Å². The third kappa shape index (κ3) is 3.92. The molecule has 8 aromatic carbocycles. The number of nitrogens with zero attached hydrogens (tertiary/aromatic N) is 3. The van der Waals surface area contributed by atoms with E-state index in [9.17, 15) is 9.59 Å². The second-order valence-corrected chi connectivity index (χ2v) is 14.1. The highest BCUT2D eigenvalue weighted by Crippen LogP contribution is 2.57. The van der Waals surface area contributed by atoms with Crippen LogP contribution >= 0.6 is 46.4 Å². The van der Waals surface area contributed by atoms with Gasteiger partial charge in [-0.25, -0.2) is 4.90 Å². The molecule has 8 aromatic rings. The Morgan fingerprint density at radius 1 is 0.400 bits per heavy atom. The first kappa shape index (κ1) is 29.8. The van der Waals surface area contributed by atoms with E-state index < -0.39 is 11.8 Å². The summed E-state index contributed by atoms with van der Waals surface area (Å²) in [6.45, 7) is 0.504. The smallest absolute Gasteiger partial charge is 0.266 e. The lowest BCUT2D eigenvalue weighted by atomic mass is 9.83. The van der Waals surface area contributed by atoms with Gasteiger partial charge in [0.05, 0.1) is 44.9 Å². The molecule has 240 valence electrons. The zero-order valence-corrected chi connectivity index (χ0v) is 28.9. The number of carbonyl (C=O) groups is 2. The SMILES string of the molecule is O=C1c2cc(Cl)c3c4c(Cl)cc5c6c(cc(Cl)c(c7c(Cl)cc(c2c37)C(=O)N1c1ccccc1)c64)N(c1ccccc1)CN5c1ccccc1. The van der Waals surface area contributed by atoms with Crippen molar-refractivity contribution in [1.29, 1.82) is 0 Å². The Morgan fingerprint density at radius 3 is 1.18 bits per heavy atom. The molecule has 50 heavy (non-hydrogen) atoms. The van der Waals surface area contributed by atoms with Crippen molar-refractivity contribution in [3.05, 3.63) is 146 Å². The normalized spacial score (nSPS) is 14.3. The van der Waals surface area contributed by atoms with Crippen molar-refractivity contribution in [3.8, 4) is 0 Å². The molecule has 0 saturated carbocycles. The van der Waals surface area contributed by atoms with Crippen LogP contribution < -0.4 is 14.7 Å². The molecular formula is C41H21Cl4N3O2. The fourth-order valence-corrected chi connectivity index (χ4v) is 9.12. The average molecular weight is 729 g/mol. The molecule has 0 radical (unpaired) electrons. The van der Waals surface area contributed by atoms with Crippen LogP contribution in [0.5, 0.6) is 0 Å². The molecule has 0 aromatic heterocycles. The monoisotopic (exact) mass is 727 g/mol. The molecule has 0 unspecified atom stereocenters. The predicted octanol–water partition coefficient (Wildman–Crippen LogP) is 12.4. The van der Waals surface area contributed by atoms with Gasteiger partial charge in [0.1, 0.15) is 0 Å². The van der Waals surface area contributed by atoms with Gasteiger partial charge in [-0.1, -0.05) is 101 Å².